The fourth-order valence-electron chi connectivity index (χ4n) is 2.66. The molecule has 0 amide bonds. The first-order valence-electron chi connectivity index (χ1n) is 6.46. The highest BCUT2D eigenvalue weighted by Crippen LogP contribution is 2.31. The van der Waals surface area contributed by atoms with Crippen molar-refractivity contribution in [2.45, 2.75) is 44.6 Å². The zero-order valence-corrected chi connectivity index (χ0v) is 12.0. The van der Waals surface area contributed by atoms with Crippen LogP contribution < -0.4 is 10.6 Å². The summed E-state index contributed by atoms with van der Waals surface area (Å²) in [5, 5.41) is 0. The lowest BCUT2D eigenvalue weighted by molar-refractivity contribution is 0.553. The van der Waals surface area contributed by atoms with Gasteiger partial charge in [0.15, 0.2) is 0 Å². The van der Waals surface area contributed by atoms with Crippen LogP contribution in [-0.4, -0.2) is 13.1 Å². The molecular formula is C14H21BrN2. The molecule has 3 heteroatoms. The maximum atomic E-state index is 6.07. The number of hydrogen-bond donors (Lipinski definition) is 1. The predicted molar refractivity (Wildman–Crippen MR) is 78.4 cm³/mol. The Hall–Kier alpha value is -0.700. The number of nitrogens with zero attached hydrogens (tertiary/aromatic N) is 1. The number of rotatable bonds is 2. The second-order valence-electron chi connectivity index (χ2n) is 4.96. The molecule has 0 aromatic heterocycles. The molecule has 94 valence electrons. The Bertz CT molecular complexity index is 370. The van der Waals surface area contributed by atoms with E-state index in [1.807, 2.05) is 12.1 Å². The van der Waals surface area contributed by atoms with Crippen molar-refractivity contribution >= 4 is 27.3 Å². The van der Waals surface area contributed by atoms with Crippen LogP contribution in [0.25, 0.3) is 0 Å². The summed E-state index contributed by atoms with van der Waals surface area (Å²) in [6.45, 7) is 0. The first-order valence-corrected chi connectivity index (χ1v) is 7.25. The molecule has 0 atom stereocenters. The van der Waals surface area contributed by atoms with E-state index in [0.717, 1.165) is 15.8 Å². The van der Waals surface area contributed by atoms with Crippen LogP contribution in [0.4, 0.5) is 11.4 Å². The topological polar surface area (TPSA) is 29.3 Å². The van der Waals surface area contributed by atoms with Gasteiger partial charge in [0.05, 0.1) is 11.4 Å². The largest absolute Gasteiger partial charge is 0.397 e. The van der Waals surface area contributed by atoms with E-state index >= 15 is 0 Å². The van der Waals surface area contributed by atoms with Crippen LogP contribution in [0, 0.1) is 0 Å². The van der Waals surface area contributed by atoms with E-state index < -0.39 is 0 Å². The summed E-state index contributed by atoms with van der Waals surface area (Å²) in [5.41, 5.74) is 8.11. The van der Waals surface area contributed by atoms with Crippen LogP contribution in [0.1, 0.15) is 38.5 Å². The Morgan fingerprint density at radius 1 is 1.18 bits per heavy atom. The first-order chi connectivity index (χ1) is 8.18. The molecule has 2 rings (SSSR count). The third-order valence-corrected chi connectivity index (χ3v) is 4.24. The highest BCUT2D eigenvalue weighted by Gasteiger charge is 2.18. The van der Waals surface area contributed by atoms with Crippen LogP contribution in [-0.2, 0) is 0 Å². The Labute approximate surface area is 112 Å². The molecule has 0 heterocycles. The van der Waals surface area contributed by atoms with Crippen molar-refractivity contribution in [3.8, 4) is 0 Å². The summed E-state index contributed by atoms with van der Waals surface area (Å²) in [7, 11) is 2.17. The molecule has 0 radical (unpaired) electrons. The van der Waals surface area contributed by atoms with Crippen molar-refractivity contribution in [1.29, 1.82) is 0 Å². The lowest BCUT2D eigenvalue weighted by atomic mass is 10.1. The third-order valence-electron chi connectivity index (χ3n) is 3.74. The minimum atomic E-state index is 0.647. The average molecular weight is 297 g/mol. The van der Waals surface area contributed by atoms with Crippen molar-refractivity contribution in [3.05, 3.63) is 22.7 Å². The van der Waals surface area contributed by atoms with Gasteiger partial charge in [-0.2, -0.15) is 0 Å². The van der Waals surface area contributed by atoms with Gasteiger partial charge >= 0.3 is 0 Å². The van der Waals surface area contributed by atoms with Crippen LogP contribution in [0.5, 0.6) is 0 Å². The molecule has 1 fully saturated rings. The van der Waals surface area contributed by atoms with E-state index in [4.69, 9.17) is 5.73 Å². The Morgan fingerprint density at radius 3 is 2.47 bits per heavy atom. The van der Waals surface area contributed by atoms with Crippen LogP contribution in [0.15, 0.2) is 22.7 Å². The van der Waals surface area contributed by atoms with Crippen LogP contribution in [0.3, 0.4) is 0 Å². The van der Waals surface area contributed by atoms with Gasteiger partial charge in [0.25, 0.3) is 0 Å². The fraction of sp³-hybridized carbons (Fsp3) is 0.571. The summed E-state index contributed by atoms with van der Waals surface area (Å²) in [5.74, 6) is 0. The summed E-state index contributed by atoms with van der Waals surface area (Å²) in [4.78, 5) is 2.37. The minimum Gasteiger partial charge on any atom is -0.397 e. The summed E-state index contributed by atoms with van der Waals surface area (Å²) in [6.07, 6.45) is 8.06. The molecule has 1 aromatic rings. The van der Waals surface area contributed by atoms with Crippen LogP contribution in [0.2, 0.25) is 0 Å². The zero-order valence-electron chi connectivity index (χ0n) is 10.5. The Morgan fingerprint density at radius 2 is 1.82 bits per heavy atom. The van der Waals surface area contributed by atoms with Crippen molar-refractivity contribution in [3.63, 3.8) is 0 Å². The van der Waals surface area contributed by atoms with Gasteiger partial charge in [0.2, 0.25) is 0 Å². The lowest BCUT2D eigenvalue weighted by Crippen LogP contribution is -2.31. The normalized spacial score (nSPS) is 17.8. The fourth-order valence-corrected chi connectivity index (χ4v) is 3.01. The number of halogens is 1. The molecule has 2 nitrogen and oxygen atoms in total. The van der Waals surface area contributed by atoms with E-state index in [1.54, 1.807) is 0 Å². The van der Waals surface area contributed by atoms with E-state index in [-0.39, 0.29) is 0 Å². The molecule has 1 aromatic carbocycles. The number of hydrogen-bond acceptors (Lipinski definition) is 2. The minimum absolute atomic E-state index is 0.647. The second kappa shape index (κ2) is 5.76. The van der Waals surface area contributed by atoms with Gasteiger partial charge in [0, 0.05) is 17.6 Å². The highest BCUT2D eigenvalue weighted by molar-refractivity contribution is 9.10. The van der Waals surface area contributed by atoms with Gasteiger partial charge < -0.3 is 10.6 Å². The number of anilines is 2. The number of nitrogen functional groups attached to an aromatic ring is 1. The maximum Gasteiger partial charge on any atom is 0.0611 e. The van der Waals surface area contributed by atoms with Crippen molar-refractivity contribution in [2.75, 3.05) is 17.7 Å². The van der Waals surface area contributed by atoms with Gasteiger partial charge in [-0.25, -0.2) is 0 Å². The van der Waals surface area contributed by atoms with Crippen LogP contribution >= 0.6 is 15.9 Å². The SMILES string of the molecule is CN(c1cc(Br)ccc1N)C1CCCCCC1. The molecule has 1 aliphatic carbocycles. The highest BCUT2D eigenvalue weighted by atomic mass is 79.9. The van der Waals surface area contributed by atoms with Gasteiger partial charge in [-0.1, -0.05) is 41.6 Å². The standard InChI is InChI=1S/C14H21BrN2/c1-17(12-6-4-2-3-5-7-12)14-10-11(15)8-9-13(14)16/h8-10,12H,2-7,16H2,1H3. The van der Waals surface area contributed by atoms with Gasteiger partial charge in [-0.15, -0.1) is 0 Å². The van der Waals surface area contributed by atoms with Gasteiger partial charge in [0.1, 0.15) is 0 Å². The molecule has 1 aliphatic rings. The molecule has 2 N–H and O–H groups in total. The second-order valence-corrected chi connectivity index (χ2v) is 5.88. The quantitative estimate of drug-likeness (QED) is 0.655. The third kappa shape index (κ3) is 3.15. The van der Waals surface area contributed by atoms with Gasteiger partial charge in [-0.05, 0) is 31.0 Å². The monoisotopic (exact) mass is 296 g/mol. The Kier molecular flexibility index (Phi) is 4.32. The average Bonchev–Trinajstić information content (AvgIpc) is 2.60. The molecule has 1 saturated carbocycles. The maximum absolute atomic E-state index is 6.07. The molecule has 0 bridgehead atoms. The molecular weight excluding hydrogens is 276 g/mol. The van der Waals surface area contributed by atoms with Crippen molar-refractivity contribution in [2.24, 2.45) is 0 Å². The zero-order chi connectivity index (χ0) is 12.3. The Balaban J connectivity index is 2.16. The number of nitrogens with two attached hydrogens (primary N) is 1. The van der Waals surface area contributed by atoms with E-state index in [9.17, 15) is 0 Å². The van der Waals surface area contributed by atoms with Crippen molar-refractivity contribution < 1.29 is 0 Å². The summed E-state index contributed by atoms with van der Waals surface area (Å²) < 4.78 is 1.10. The molecule has 0 aliphatic heterocycles. The van der Waals surface area contributed by atoms with Crippen molar-refractivity contribution in [1.82, 2.24) is 0 Å². The predicted octanol–water partition coefficient (Wildman–Crippen LogP) is 4.19. The summed E-state index contributed by atoms with van der Waals surface area (Å²) >= 11 is 3.52. The van der Waals surface area contributed by atoms with E-state index in [2.05, 4.69) is 33.9 Å². The first kappa shape index (κ1) is 12.7. The van der Waals surface area contributed by atoms with Gasteiger partial charge in [-0.3, -0.25) is 0 Å². The summed E-state index contributed by atoms with van der Waals surface area (Å²) in [6, 6.07) is 6.75. The van der Waals surface area contributed by atoms with E-state index in [0.29, 0.717) is 6.04 Å². The molecule has 0 unspecified atom stereocenters. The lowest BCUT2D eigenvalue weighted by Gasteiger charge is -2.30. The number of benzene rings is 1. The molecule has 17 heavy (non-hydrogen) atoms. The molecule has 0 saturated heterocycles. The molecule has 0 spiro atoms. The van der Waals surface area contributed by atoms with E-state index in [1.165, 1.54) is 38.5 Å². The smallest absolute Gasteiger partial charge is 0.0611 e.